The maximum atomic E-state index is 9.75. The largest absolute Gasteiger partial charge is 0.508 e. The van der Waals surface area contributed by atoms with Crippen LogP contribution in [0.1, 0.15) is 25.5 Å². The van der Waals surface area contributed by atoms with Crippen LogP contribution in [0.3, 0.4) is 0 Å². The molecular weight excluding hydrogens is 274 g/mol. The fourth-order valence-electron chi connectivity index (χ4n) is 3.28. The number of rotatable bonds is 2. The highest BCUT2D eigenvalue weighted by atomic mass is 16.3. The Morgan fingerprint density at radius 1 is 1.32 bits per heavy atom. The van der Waals surface area contributed by atoms with Crippen LogP contribution in [0.4, 0.5) is 0 Å². The first-order chi connectivity index (χ1) is 10.5. The third kappa shape index (κ3) is 1.86. The summed E-state index contributed by atoms with van der Waals surface area (Å²) in [7, 11) is 0. The molecule has 0 saturated heterocycles. The van der Waals surface area contributed by atoms with Gasteiger partial charge in [0.2, 0.25) is 0 Å². The Bertz CT molecular complexity index is 767. The summed E-state index contributed by atoms with van der Waals surface area (Å²) in [5, 5.41) is 27.6. The van der Waals surface area contributed by atoms with E-state index >= 15 is 0 Å². The molecule has 1 aromatic carbocycles. The minimum absolute atomic E-state index is 0.0576. The lowest BCUT2D eigenvalue weighted by Gasteiger charge is -2.41. The van der Waals surface area contributed by atoms with Gasteiger partial charge in [-0.15, -0.1) is 0 Å². The van der Waals surface area contributed by atoms with Crippen LogP contribution in [0.5, 0.6) is 0 Å². The first kappa shape index (κ1) is 14.2. The second-order valence-electron chi connectivity index (χ2n) is 5.76. The van der Waals surface area contributed by atoms with E-state index in [2.05, 4.69) is 6.07 Å². The minimum atomic E-state index is -0.594. The lowest BCUT2D eigenvalue weighted by Crippen LogP contribution is -2.46. The van der Waals surface area contributed by atoms with Gasteiger partial charge in [-0.3, -0.25) is 5.41 Å². The van der Waals surface area contributed by atoms with E-state index in [9.17, 15) is 10.4 Å². The number of allylic oxidation sites excluding steroid dienone is 1. The van der Waals surface area contributed by atoms with Crippen molar-refractivity contribution in [2.75, 3.05) is 0 Å². The van der Waals surface area contributed by atoms with Crippen LogP contribution >= 0.6 is 0 Å². The number of benzene rings is 1. The topological polar surface area (TPSA) is 71.1 Å². The molecule has 2 N–H and O–H groups in total. The van der Waals surface area contributed by atoms with Crippen LogP contribution in [0, 0.1) is 16.7 Å². The lowest BCUT2D eigenvalue weighted by atomic mass is 9.85. The number of amidine groups is 1. The van der Waals surface area contributed by atoms with Crippen LogP contribution in [0.15, 0.2) is 65.5 Å². The average molecular weight is 291 g/mol. The number of fused-ring (bicyclic) bond motifs is 1. The molecule has 0 spiro atoms. The molecule has 1 heterocycles. The van der Waals surface area contributed by atoms with Gasteiger partial charge in [0.15, 0.2) is 0 Å². The molecule has 0 radical (unpaired) electrons. The summed E-state index contributed by atoms with van der Waals surface area (Å²) >= 11 is 0. The summed E-state index contributed by atoms with van der Waals surface area (Å²) in [4.78, 5) is 1.93. The fourth-order valence-corrected chi connectivity index (χ4v) is 3.28. The van der Waals surface area contributed by atoms with Crippen molar-refractivity contribution in [3.63, 3.8) is 0 Å². The third-order valence-electron chi connectivity index (χ3n) is 4.44. The Morgan fingerprint density at radius 2 is 2.00 bits per heavy atom. The molecule has 3 rings (SSSR count). The molecule has 1 aliphatic heterocycles. The third-order valence-corrected chi connectivity index (χ3v) is 4.44. The second kappa shape index (κ2) is 4.88. The zero-order valence-electron chi connectivity index (χ0n) is 12.5. The molecule has 0 amide bonds. The highest BCUT2D eigenvalue weighted by molar-refractivity contribution is 6.05. The lowest BCUT2D eigenvalue weighted by molar-refractivity contribution is 0.240. The van der Waals surface area contributed by atoms with Gasteiger partial charge >= 0.3 is 0 Å². The van der Waals surface area contributed by atoms with Crippen molar-refractivity contribution in [3.05, 3.63) is 71.0 Å². The smallest absolute Gasteiger partial charge is 0.140 e. The van der Waals surface area contributed by atoms with Crippen LogP contribution in [0.25, 0.3) is 0 Å². The molecule has 22 heavy (non-hydrogen) atoms. The molecule has 1 aromatic rings. The Morgan fingerprint density at radius 3 is 2.64 bits per heavy atom. The number of nitrogens with zero attached hydrogens (tertiary/aromatic N) is 2. The molecule has 0 bridgehead atoms. The minimum Gasteiger partial charge on any atom is -0.508 e. The van der Waals surface area contributed by atoms with Crippen molar-refractivity contribution in [3.8, 4) is 6.07 Å². The number of aliphatic hydroxyl groups is 1. The standard InChI is InChI=1S/C18H17N3O/c1-12(13-6-4-3-5-7-13)21-17(20)15(11-19)16-10-14(22)8-9-18(16,21)2/h3-10,12,20,22H,1-2H3/t12-,18?/m0/s1. The van der Waals surface area contributed by atoms with Gasteiger partial charge in [-0.25, -0.2) is 0 Å². The summed E-state index contributed by atoms with van der Waals surface area (Å²) in [6.07, 6.45) is 5.07. The summed E-state index contributed by atoms with van der Waals surface area (Å²) in [5.74, 6) is 0.314. The van der Waals surface area contributed by atoms with E-state index in [0.717, 1.165) is 5.56 Å². The fraction of sp³-hybridized carbons (Fsp3) is 0.222. The van der Waals surface area contributed by atoms with Gasteiger partial charge in [0, 0.05) is 5.57 Å². The molecule has 4 heteroatoms. The second-order valence-corrected chi connectivity index (χ2v) is 5.76. The van der Waals surface area contributed by atoms with Crippen molar-refractivity contribution in [1.29, 1.82) is 10.7 Å². The first-order valence-corrected chi connectivity index (χ1v) is 7.17. The van der Waals surface area contributed by atoms with Gasteiger partial charge in [-0.05, 0) is 31.6 Å². The van der Waals surface area contributed by atoms with Crippen LogP contribution in [-0.2, 0) is 0 Å². The number of hydrogen-bond donors (Lipinski definition) is 2. The Balaban J connectivity index is 2.11. The van der Waals surface area contributed by atoms with Crippen molar-refractivity contribution < 1.29 is 5.11 Å². The Hall–Kier alpha value is -2.80. The van der Waals surface area contributed by atoms with E-state index in [4.69, 9.17) is 5.41 Å². The van der Waals surface area contributed by atoms with Gasteiger partial charge in [-0.2, -0.15) is 5.26 Å². The number of aliphatic hydroxyl groups excluding tert-OH is 1. The molecule has 1 aliphatic carbocycles. The summed E-state index contributed by atoms with van der Waals surface area (Å²) < 4.78 is 0. The summed E-state index contributed by atoms with van der Waals surface area (Å²) in [6, 6.07) is 12.0. The number of nitriles is 1. The van der Waals surface area contributed by atoms with Gasteiger partial charge < -0.3 is 10.0 Å². The molecule has 2 aliphatic rings. The average Bonchev–Trinajstić information content (AvgIpc) is 2.74. The van der Waals surface area contributed by atoms with E-state index in [0.29, 0.717) is 11.1 Å². The zero-order valence-corrected chi connectivity index (χ0v) is 12.5. The molecule has 0 saturated carbocycles. The quantitative estimate of drug-likeness (QED) is 0.874. The Kier molecular flexibility index (Phi) is 3.14. The monoisotopic (exact) mass is 291 g/mol. The van der Waals surface area contributed by atoms with Crippen LogP contribution in [-0.4, -0.2) is 21.4 Å². The van der Waals surface area contributed by atoms with Gasteiger partial charge in [0.1, 0.15) is 17.7 Å². The van der Waals surface area contributed by atoms with Gasteiger partial charge in [0.05, 0.1) is 17.2 Å². The SMILES string of the molecule is C[C@@H](c1ccccc1)N1C(=N)C(C#N)=C2C=C(O)C=CC21C. The number of hydrogen-bond acceptors (Lipinski definition) is 3. The summed E-state index contributed by atoms with van der Waals surface area (Å²) in [6.45, 7) is 4.00. The first-order valence-electron chi connectivity index (χ1n) is 7.17. The zero-order chi connectivity index (χ0) is 15.9. The van der Waals surface area contributed by atoms with E-state index in [1.165, 1.54) is 0 Å². The van der Waals surface area contributed by atoms with E-state index < -0.39 is 5.54 Å². The van der Waals surface area contributed by atoms with Gasteiger partial charge in [0.25, 0.3) is 0 Å². The van der Waals surface area contributed by atoms with E-state index in [1.807, 2.05) is 55.2 Å². The molecule has 4 nitrogen and oxygen atoms in total. The highest BCUT2D eigenvalue weighted by Gasteiger charge is 2.47. The van der Waals surface area contributed by atoms with Crippen molar-refractivity contribution in [2.24, 2.45) is 0 Å². The van der Waals surface area contributed by atoms with E-state index in [1.54, 1.807) is 12.2 Å². The van der Waals surface area contributed by atoms with Gasteiger partial charge in [-0.1, -0.05) is 36.4 Å². The maximum Gasteiger partial charge on any atom is 0.140 e. The molecule has 110 valence electrons. The number of nitrogens with one attached hydrogen (secondary N) is 1. The maximum absolute atomic E-state index is 9.75. The normalized spacial score (nSPS) is 24.9. The Labute approximate surface area is 129 Å². The van der Waals surface area contributed by atoms with Crippen molar-refractivity contribution in [1.82, 2.24) is 4.90 Å². The van der Waals surface area contributed by atoms with E-state index in [-0.39, 0.29) is 17.6 Å². The highest BCUT2D eigenvalue weighted by Crippen LogP contribution is 2.44. The molecule has 2 atom stereocenters. The molecular formula is C18H17N3O. The predicted molar refractivity (Wildman–Crippen MR) is 85.3 cm³/mol. The molecule has 1 unspecified atom stereocenters. The predicted octanol–water partition coefficient (Wildman–Crippen LogP) is 3.63. The molecule has 0 aromatic heterocycles. The summed E-state index contributed by atoms with van der Waals surface area (Å²) in [5.41, 5.74) is 1.49. The van der Waals surface area contributed by atoms with Crippen molar-refractivity contribution in [2.45, 2.75) is 25.4 Å². The van der Waals surface area contributed by atoms with Crippen molar-refractivity contribution >= 4 is 5.84 Å². The van der Waals surface area contributed by atoms with Crippen LogP contribution < -0.4 is 0 Å². The van der Waals surface area contributed by atoms with Crippen LogP contribution in [0.2, 0.25) is 0 Å². The molecule has 0 fully saturated rings.